The average Bonchev–Trinajstić information content (AvgIpc) is 3.06. The minimum atomic E-state index is 0.552. The van der Waals surface area contributed by atoms with Crippen molar-refractivity contribution in [3.8, 4) is 0 Å². The molecule has 0 spiro atoms. The quantitative estimate of drug-likeness (QED) is 0.723. The van der Waals surface area contributed by atoms with Gasteiger partial charge in [-0.15, -0.1) is 0 Å². The normalized spacial score (nSPS) is 10.3. The highest BCUT2D eigenvalue weighted by Crippen LogP contribution is 2.09. The number of anilines is 2. The Bertz CT molecular complexity index is 670. The lowest BCUT2D eigenvalue weighted by Crippen LogP contribution is -2.07. The molecule has 6 nitrogen and oxygen atoms in total. The van der Waals surface area contributed by atoms with E-state index >= 15 is 0 Å². The standard InChI is InChI=1S/C15H15N5O/c1-2-7-16-12(4-1)10-18-14-6-8-17-15(20-14)19-11-13-5-3-9-21-13/h1-9H,10-11H2,(H2,17,18,19,20). The topological polar surface area (TPSA) is 75.9 Å². The van der Waals surface area contributed by atoms with E-state index < -0.39 is 0 Å². The van der Waals surface area contributed by atoms with Crippen molar-refractivity contribution in [2.75, 3.05) is 10.6 Å². The van der Waals surface area contributed by atoms with E-state index in [0.29, 0.717) is 19.0 Å². The highest BCUT2D eigenvalue weighted by molar-refractivity contribution is 5.39. The van der Waals surface area contributed by atoms with Crippen LogP contribution in [0.2, 0.25) is 0 Å². The van der Waals surface area contributed by atoms with E-state index in [4.69, 9.17) is 4.42 Å². The Hall–Kier alpha value is -2.89. The summed E-state index contributed by atoms with van der Waals surface area (Å²) in [5.74, 6) is 2.14. The van der Waals surface area contributed by atoms with Gasteiger partial charge in [-0.2, -0.15) is 4.98 Å². The van der Waals surface area contributed by atoms with Gasteiger partial charge >= 0.3 is 0 Å². The summed E-state index contributed by atoms with van der Waals surface area (Å²) in [6.07, 6.45) is 5.12. The number of hydrogen-bond acceptors (Lipinski definition) is 6. The molecule has 3 heterocycles. The highest BCUT2D eigenvalue weighted by atomic mass is 16.3. The maximum Gasteiger partial charge on any atom is 0.224 e. The van der Waals surface area contributed by atoms with Crippen LogP contribution in [-0.2, 0) is 13.1 Å². The molecule has 0 radical (unpaired) electrons. The molecule has 6 heteroatoms. The van der Waals surface area contributed by atoms with Crippen molar-refractivity contribution < 1.29 is 4.42 Å². The fraction of sp³-hybridized carbons (Fsp3) is 0.133. The smallest absolute Gasteiger partial charge is 0.224 e. The Morgan fingerprint density at radius 1 is 0.905 bits per heavy atom. The molecular formula is C15H15N5O. The van der Waals surface area contributed by atoms with Crippen molar-refractivity contribution in [3.05, 3.63) is 66.5 Å². The van der Waals surface area contributed by atoms with Crippen LogP contribution in [0.4, 0.5) is 11.8 Å². The minimum Gasteiger partial charge on any atom is -0.467 e. The predicted octanol–water partition coefficient (Wildman–Crippen LogP) is 2.69. The first-order valence-electron chi connectivity index (χ1n) is 6.63. The fourth-order valence-electron chi connectivity index (χ4n) is 1.81. The number of pyridine rings is 1. The molecule has 0 saturated carbocycles. The number of hydrogen-bond donors (Lipinski definition) is 2. The first kappa shape index (κ1) is 13.1. The van der Waals surface area contributed by atoms with Crippen molar-refractivity contribution >= 4 is 11.8 Å². The first-order chi connectivity index (χ1) is 10.4. The van der Waals surface area contributed by atoms with Gasteiger partial charge in [0.15, 0.2) is 0 Å². The summed E-state index contributed by atoms with van der Waals surface area (Å²) < 4.78 is 5.25. The first-order valence-corrected chi connectivity index (χ1v) is 6.63. The lowest BCUT2D eigenvalue weighted by Gasteiger charge is -2.07. The van der Waals surface area contributed by atoms with Crippen LogP contribution < -0.4 is 10.6 Å². The number of aromatic nitrogens is 3. The van der Waals surface area contributed by atoms with Crippen LogP contribution in [0.3, 0.4) is 0 Å². The van der Waals surface area contributed by atoms with Crippen molar-refractivity contribution in [1.82, 2.24) is 15.0 Å². The molecule has 0 atom stereocenters. The van der Waals surface area contributed by atoms with Crippen LogP contribution in [0.1, 0.15) is 11.5 Å². The molecule has 0 aliphatic rings. The van der Waals surface area contributed by atoms with Gasteiger partial charge in [0.05, 0.1) is 25.0 Å². The summed E-state index contributed by atoms with van der Waals surface area (Å²) in [5.41, 5.74) is 0.959. The Morgan fingerprint density at radius 2 is 1.90 bits per heavy atom. The Balaban J connectivity index is 1.58. The van der Waals surface area contributed by atoms with E-state index in [2.05, 4.69) is 25.6 Å². The average molecular weight is 281 g/mol. The second-order valence-electron chi connectivity index (χ2n) is 4.37. The summed E-state index contributed by atoms with van der Waals surface area (Å²) in [7, 11) is 0. The van der Waals surface area contributed by atoms with Gasteiger partial charge in [-0.05, 0) is 30.3 Å². The summed E-state index contributed by atoms with van der Waals surface area (Å²) in [6.45, 7) is 1.17. The molecule has 0 bridgehead atoms. The maximum atomic E-state index is 5.25. The molecule has 0 aromatic carbocycles. The summed E-state index contributed by atoms with van der Waals surface area (Å²) in [5, 5.41) is 6.33. The second kappa shape index (κ2) is 6.51. The second-order valence-corrected chi connectivity index (χ2v) is 4.37. The van der Waals surface area contributed by atoms with Gasteiger partial charge in [0.25, 0.3) is 0 Å². The van der Waals surface area contributed by atoms with E-state index in [0.717, 1.165) is 17.3 Å². The summed E-state index contributed by atoms with van der Waals surface area (Å²) in [4.78, 5) is 12.8. The summed E-state index contributed by atoms with van der Waals surface area (Å²) in [6, 6.07) is 11.4. The third-order valence-corrected chi connectivity index (χ3v) is 2.83. The lowest BCUT2D eigenvalue weighted by atomic mass is 10.3. The van der Waals surface area contributed by atoms with Gasteiger partial charge in [-0.25, -0.2) is 4.98 Å². The summed E-state index contributed by atoms with van der Waals surface area (Å²) >= 11 is 0. The molecule has 3 aromatic heterocycles. The van der Waals surface area contributed by atoms with E-state index in [1.807, 2.05) is 36.4 Å². The molecular weight excluding hydrogens is 266 g/mol. The number of nitrogens with zero attached hydrogens (tertiary/aromatic N) is 3. The Kier molecular flexibility index (Phi) is 4.07. The number of nitrogens with one attached hydrogen (secondary N) is 2. The SMILES string of the molecule is c1ccc(CNc2ccnc(NCc3ccco3)n2)nc1. The molecule has 2 N–H and O–H groups in total. The largest absolute Gasteiger partial charge is 0.467 e. The van der Waals surface area contributed by atoms with Crippen molar-refractivity contribution in [1.29, 1.82) is 0 Å². The van der Waals surface area contributed by atoms with E-state index in [-0.39, 0.29) is 0 Å². The van der Waals surface area contributed by atoms with Crippen LogP contribution in [0.5, 0.6) is 0 Å². The third kappa shape index (κ3) is 3.79. The molecule has 0 saturated heterocycles. The molecule has 0 aliphatic carbocycles. The van der Waals surface area contributed by atoms with Crippen molar-refractivity contribution in [2.45, 2.75) is 13.1 Å². The van der Waals surface area contributed by atoms with Gasteiger partial charge in [-0.3, -0.25) is 4.98 Å². The van der Waals surface area contributed by atoms with Gasteiger partial charge in [0, 0.05) is 12.4 Å². The molecule has 3 rings (SSSR count). The van der Waals surface area contributed by atoms with E-state index in [9.17, 15) is 0 Å². The number of furan rings is 1. The lowest BCUT2D eigenvalue weighted by molar-refractivity contribution is 0.517. The van der Waals surface area contributed by atoms with Gasteiger partial charge in [0.1, 0.15) is 11.6 Å². The zero-order valence-corrected chi connectivity index (χ0v) is 11.4. The molecule has 0 aliphatic heterocycles. The van der Waals surface area contributed by atoms with Crippen LogP contribution in [0.15, 0.2) is 59.5 Å². The van der Waals surface area contributed by atoms with Crippen LogP contribution in [0.25, 0.3) is 0 Å². The Morgan fingerprint density at radius 3 is 2.71 bits per heavy atom. The van der Waals surface area contributed by atoms with Gasteiger partial charge < -0.3 is 15.1 Å². The monoisotopic (exact) mass is 281 g/mol. The molecule has 21 heavy (non-hydrogen) atoms. The third-order valence-electron chi connectivity index (χ3n) is 2.83. The van der Waals surface area contributed by atoms with Crippen LogP contribution in [-0.4, -0.2) is 15.0 Å². The Labute approximate surface area is 122 Å². The fourth-order valence-corrected chi connectivity index (χ4v) is 1.81. The van der Waals surface area contributed by atoms with Crippen LogP contribution in [0, 0.1) is 0 Å². The van der Waals surface area contributed by atoms with Crippen molar-refractivity contribution in [3.63, 3.8) is 0 Å². The predicted molar refractivity (Wildman–Crippen MR) is 79.6 cm³/mol. The molecule has 0 amide bonds. The van der Waals surface area contributed by atoms with E-state index in [1.54, 1.807) is 18.7 Å². The number of rotatable bonds is 6. The molecule has 3 aromatic rings. The van der Waals surface area contributed by atoms with Gasteiger partial charge in [-0.1, -0.05) is 6.07 Å². The maximum absolute atomic E-state index is 5.25. The van der Waals surface area contributed by atoms with Crippen LogP contribution >= 0.6 is 0 Å². The zero-order chi connectivity index (χ0) is 14.3. The molecule has 0 unspecified atom stereocenters. The highest BCUT2D eigenvalue weighted by Gasteiger charge is 2.01. The minimum absolute atomic E-state index is 0.552. The van der Waals surface area contributed by atoms with E-state index in [1.165, 1.54) is 0 Å². The zero-order valence-electron chi connectivity index (χ0n) is 11.4. The molecule has 0 fully saturated rings. The van der Waals surface area contributed by atoms with Gasteiger partial charge in [0.2, 0.25) is 5.95 Å². The van der Waals surface area contributed by atoms with Crippen molar-refractivity contribution in [2.24, 2.45) is 0 Å². The molecule has 106 valence electrons.